The summed E-state index contributed by atoms with van der Waals surface area (Å²) < 4.78 is 5.63. The third-order valence-corrected chi connectivity index (χ3v) is 6.34. The molecule has 0 spiro atoms. The number of benzene rings is 1. The van der Waals surface area contributed by atoms with Gasteiger partial charge >= 0.3 is 5.97 Å². The molecule has 4 aliphatic carbocycles. The Morgan fingerprint density at radius 2 is 1.71 bits per heavy atom. The van der Waals surface area contributed by atoms with Gasteiger partial charge in [0.2, 0.25) is 5.90 Å². The first-order valence-electron chi connectivity index (χ1n) is 8.92. The van der Waals surface area contributed by atoms with Crippen molar-refractivity contribution in [1.82, 2.24) is 0 Å². The normalized spacial score (nSPS) is 38.5. The summed E-state index contributed by atoms with van der Waals surface area (Å²) in [5.41, 5.74) is 0.890. The Morgan fingerprint density at radius 3 is 2.33 bits per heavy atom. The third-order valence-electron chi connectivity index (χ3n) is 6.34. The van der Waals surface area contributed by atoms with E-state index in [-0.39, 0.29) is 17.1 Å². The van der Waals surface area contributed by atoms with E-state index >= 15 is 0 Å². The molecule has 4 saturated carbocycles. The van der Waals surface area contributed by atoms with Crippen LogP contribution >= 0.6 is 0 Å². The Kier molecular flexibility index (Phi) is 2.94. The van der Waals surface area contributed by atoms with Crippen LogP contribution in [0.5, 0.6) is 5.75 Å². The van der Waals surface area contributed by atoms with Gasteiger partial charge in [0.15, 0.2) is 5.70 Å². The second-order valence-corrected chi connectivity index (χ2v) is 8.09. The number of carbonyl (C=O) groups is 1. The number of carbonyl (C=O) groups excluding carboxylic acids is 1. The number of ether oxygens (including phenoxy) is 1. The van der Waals surface area contributed by atoms with Gasteiger partial charge in [0.25, 0.3) is 0 Å². The number of phenols is 1. The maximum atomic E-state index is 12.3. The van der Waals surface area contributed by atoms with Gasteiger partial charge < -0.3 is 9.84 Å². The molecular weight excluding hydrogens is 302 g/mol. The summed E-state index contributed by atoms with van der Waals surface area (Å²) in [6.45, 7) is 0. The van der Waals surface area contributed by atoms with E-state index in [9.17, 15) is 9.90 Å². The van der Waals surface area contributed by atoms with E-state index in [0.29, 0.717) is 17.2 Å². The maximum Gasteiger partial charge on any atom is 0.363 e. The molecule has 124 valence electrons. The number of nitrogens with zero attached hydrogens (tertiary/aromatic N) is 1. The number of aromatic hydroxyl groups is 1. The van der Waals surface area contributed by atoms with Crippen molar-refractivity contribution in [3.63, 3.8) is 0 Å². The molecule has 4 fully saturated rings. The Morgan fingerprint density at radius 1 is 1.08 bits per heavy atom. The molecule has 4 nitrogen and oxygen atoms in total. The van der Waals surface area contributed by atoms with Crippen LogP contribution in [0.2, 0.25) is 0 Å². The first-order chi connectivity index (χ1) is 11.6. The number of esters is 1. The summed E-state index contributed by atoms with van der Waals surface area (Å²) in [6, 6.07) is 6.97. The van der Waals surface area contributed by atoms with E-state index in [0.717, 1.165) is 37.0 Å². The molecule has 4 bridgehead atoms. The molecule has 0 saturated heterocycles. The van der Waals surface area contributed by atoms with Crippen molar-refractivity contribution < 1.29 is 14.6 Å². The fourth-order valence-corrected chi connectivity index (χ4v) is 5.77. The van der Waals surface area contributed by atoms with Gasteiger partial charge in [0.05, 0.1) is 0 Å². The first kappa shape index (κ1) is 14.3. The topological polar surface area (TPSA) is 58.9 Å². The molecule has 0 amide bonds. The van der Waals surface area contributed by atoms with Crippen molar-refractivity contribution in [2.45, 2.75) is 38.5 Å². The summed E-state index contributed by atoms with van der Waals surface area (Å²) in [7, 11) is 0. The molecule has 1 aromatic carbocycles. The lowest BCUT2D eigenvalue weighted by atomic mass is 9.49. The molecular formula is C20H21NO3. The van der Waals surface area contributed by atoms with E-state index in [1.165, 1.54) is 19.3 Å². The lowest BCUT2D eigenvalue weighted by Gasteiger charge is -2.55. The molecule has 0 unspecified atom stereocenters. The summed E-state index contributed by atoms with van der Waals surface area (Å²) in [5, 5.41) is 9.91. The van der Waals surface area contributed by atoms with Crippen molar-refractivity contribution in [3.05, 3.63) is 35.5 Å². The quantitative estimate of drug-likeness (QED) is 0.663. The molecule has 1 heterocycles. The highest BCUT2D eigenvalue weighted by atomic mass is 16.6. The first-order valence-corrected chi connectivity index (χ1v) is 8.92. The monoisotopic (exact) mass is 323 g/mol. The van der Waals surface area contributed by atoms with Crippen molar-refractivity contribution in [1.29, 1.82) is 0 Å². The van der Waals surface area contributed by atoms with Gasteiger partial charge in [-0.05, 0) is 68.4 Å². The standard InChI is InChI=1S/C20H21NO3/c22-17-4-2-1-3-15(17)8-16-18(23)24-19(21-16)20-9-12-5-13(10-20)7-14(6-12)11-20/h1-4,8,12-14,22H,5-7,9-11H2. The SMILES string of the molecule is O=C1OC(C23CC4CC(CC(C4)C2)C3)=NC1=Cc1ccccc1O. The van der Waals surface area contributed by atoms with Gasteiger partial charge in [0.1, 0.15) is 5.75 Å². The lowest BCUT2D eigenvalue weighted by Crippen LogP contribution is -2.50. The van der Waals surface area contributed by atoms with E-state index in [2.05, 4.69) is 4.99 Å². The maximum absolute atomic E-state index is 12.3. The Hall–Kier alpha value is -2.10. The van der Waals surface area contributed by atoms with Gasteiger partial charge in [-0.25, -0.2) is 9.79 Å². The van der Waals surface area contributed by atoms with Crippen LogP contribution in [0.15, 0.2) is 35.0 Å². The van der Waals surface area contributed by atoms with E-state index < -0.39 is 0 Å². The number of phenolic OH excluding ortho intramolecular Hbond substituents is 1. The van der Waals surface area contributed by atoms with Crippen LogP contribution in [0.1, 0.15) is 44.1 Å². The molecule has 1 aromatic rings. The molecule has 0 atom stereocenters. The number of para-hydroxylation sites is 1. The molecule has 24 heavy (non-hydrogen) atoms. The highest BCUT2D eigenvalue weighted by molar-refractivity contribution is 6.09. The van der Waals surface area contributed by atoms with Crippen molar-refractivity contribution >= 4 is 17.9 Å². The fourth-order valence-electron chi connectivity index (χ4n) is 5.77. The fraction of sp³-hybridized carbons (Fsp3) is 0.500. The minimum absolute atomic E-state index is 0.0151. The molecule has 0 aromatic heterocycles. The number of hydrogen-bond donors (Lipinski definition) is 1. The van der Waals surface area contributed by atoms with Crippen molar-refractivity contribution in [2.75, 3.05) is 0 Å². The van der Waals surface area contributed by atoms with Crippen LogP contribution in [0.25, 0.3) is 6.08 Å². The highest BCUT2D eigenvalue weighted by Crippen LogP contribution is 2.61. The zero-order valence-electron chi connectivity index (χ0n) is 13.6. The zero-order chi connectivity index (χ0) is 16.3. The lowest BCUT2D eigenvalue weighted by molar-refractivity contribution is -0.131. The van der Waals surface area contributed by atoms with E-state index in [1.54, 1.807) is 24.3 Å². The second kappa shape index (κ2) is 4.95. The second-order valence-electron chi connectivity index (χ2n) is 8.09. The molecule has 6 rings (SSSR count). The predicted octanol–water partition coefficient (Wildman–Crippen LogP) is 3.90. The van der Waals surface area contributed by atoms with Crippen LogP contribution in [0.4, 0.5) is 0 Å². The van der Waals surface area contributed by atoms with Crippen LogP contribution < -0.4 is 0 Å². The largest absolute Gasteiger partial charge is 0.507 e. The summed E-state index contributed by atoms with van der Waals surface area (Å²) >= 11 is 0. The molecule has 5 aliphatic rings. The van der Waals surface area contributed by atoms with Crippen molar-refractivity contribution in [3.8, 4) is 5.75 Å². The van der Waals surface area contributed by atoms with Gasteiger partial charge in [-0.15, -0.1) is 0 Å². The van der Waals surface area contributed by atoms with Crippen LogP contribution in [0.3, 0.4) is 0 Å². The minimum atomic E-state index is -0.385. The Bertz CT molecular complexity index is 742. The van der Waals surface area contributed by atoms with Gasteiger partial charge in [-0.1, -0.05) is 18.2 Å². The van der Waals surface area contributed by atoms with E-state index in [4.69, 9.17) is 4.74 Å². The summed E-state index contributed by atoms with van der Waals surface area (Å²) in [4.78, 5) is 16.9. The van der Waals surface area contributed by atoms with Crippen LogP contribution in [-0.2, 0) is 9.53 Å². The summed E-state index contributed by atoms with van der Waals surface area (Å²) in [6.07, 6.45) is 9.04. The zero-order valence-corrected chi connectivity index (χ0v) is 13.6. The van der Waals surface area contributed by atoms with Gasteiger partial charge in [-0.2, -0.15) is 0 Å². The summed E-state index contributed by atoms with van der Waals surface area (Å²) in [5.74, 6) is 2.75. The van der Waals surface area contributed by atoms with Crippen LogP contribution in [-0.4, -0.2) is 17.0 Å². The predicted molar refractivity (Wildman–Crippen MR) is 90.2 cm³/mol. The van der Waals surface area contributed by atoms with Crippen LogP contribution in [0, 0.1) is 23.2 Å². The molecule has 1 aliphatic heterocycles. The Labute approximate surface area is 141 Å². The Balaban J connectivity index is 1.50. The molecule has 4 heteroatoms. The number of aliphatic imine (C=N–C) groups is 1. The third kappa shape index (κ3) is 2.12. The molecule has 0 radical (unpaired) electrons. The van der Waals surface area contributed by atoms with Gasteiger partial charge in [0, 0.05) is 11.0 Å². The smallest absolute Gasteiger partial charge is 0.363 e. The minimum Gasteiger partial charge on any atom is -0.507 e. The molecule has 1 N–H and O–H groups in total. The number of cyclic esters (lactones) is 1. The average molecular weight is 323 g/mol. The van der Waals surface area contributed by atoms with Gasteiger partial charge in [-0.3, -0.25) is 0 Å². The average Bonchev–Trinajstić information content (AvgIpc) is 2.90. The van der Waals surface area contributed by atoms with E-state index in [1.807, 2.05) is 6.07 Å². The van der Waals surface area contributed by atoms with Crippen molar-refractivity contribution in [2.24, 2.45) is 28.2 Å². The number of hydrogen-bond acceptors (Lipinski definition) is 4. The number of rotatable bonds is 2. The highest BCUT2D eigenvalue weighted by Gasteiger charge is 2.55.